The Hall–Kier alpha value is -1.51. The highest BCUT2D eigenvalue weighted by molar-refractivity contribution is 5.70. The molecule has 1 aliphatic heterocycles. The molecule has 0 spiro atoms. The van der Waals surface area contributed by atoms with Gasteiger partial charge in [-0.05, 0) is 23.5 Å². The maximum atomic E-state index is 10.7. The summed E-state index contributed by atoms with van der Waals surface area (Å²) in [6.07, 6.45) is 1.24. The van der Waals surface area contributed by atoms with Crippen LogP contribution >= 0.6 is 0 Å². The van der Waals surface area contributed by atoms with Crippen LogP contribution in [0.1, 0.15) is 30.4 Å². The van der Waals surface area contributed by atoms with Gasteiger partial charge in [0.1, 0.15) is 0 Å². The second-order valence-electron chi connectivity index (χ2n) is 4.06. The summed E-state index contributed by atoms with van der Waals surface area (Å²) < 4.78 is 0. The molecule has 3 nitrogen and oxygen atoms in total. The van der Waals surface area contributed by atoms with E-state index in [-0.39, 0.29) is 12.3 Å². The number of aliphatic carboxylic acids is 1. The first-order valence-corrected chi connectivity index (χ1v) is 5.26. The SMILES string of the molecule is CC(CC(=O)O)c1cccc2c1NCC2. The fraction of sp³-hybridized carbons (Fsp3) is 0.417. The number of para-hydroxylation sites is 1. The molecular formula is C12H15NO2. The van der Waals surface area contributed by atoms with Crippen LogP contribution in [0.15, 0.2) is 18.2 Å². The Balaban J connectivity index is 2.28. The molecule has 1 unspecified atom stereocenters. The number of hydrogen-bond donors (Lipinski definition) is 2. The molecule has 0 amide bonds. The van der Waals surface area contributed by atoms with Gasteiger partial charge < -0.3 is 10.4 Å². The van der Waals surface area contributed by atoms with E-state index in [1.807, 2.05) is 19.1 Å². The first-order valence-electron chi connectivity index (χ1n) is 5.26. The van der Waals surface area contributed by atoms with E-state index in [0.717, 1.165) is 24.2 Å². The van der Waals surface area contributed by atoms with Gasteiger partial charge in [0.05, 0.1) is 6.42 Å². The molecule has 15 heavy (non-hydrogen) atoms. The predicted octanol–water partition coefficient (Wildman–Crippen LogP) is 2.23. The highest BCUT2D eigenvalue weighted by atomic mass is 16.4. The van der Waals surface area contributed by atoms with Crippen molar-refractivity contribution in [2.24, 2.45) is 0 Å². The first kappa shape index (κ1) is 10.0. The van der Waals surface area contributed by atoms with Crippen LogP contribution in [0.25, 0.3) is 0 Å². The summed E-state index contributed by atoms with van der Waals surface area (Å²) in [7, 11) is 0. The number of carboxylic acid groups (broad SMARTS) is 1. The van der Waals surface area contributed by atoms with Gasteiger partial charge in [0.15, 0.2) is 0 Å². The third-order valence-corrected chi connectivity index (χ3v) is 2.89. The number of carboxylic acids is 1. The van der Waals surface area contributed by atoms with Gasteiger partial charge >= 0.3 is 5.97 Å². The van der Waals surface area contributed by atoms with Gasteiger partial charge in [0.2, 0.25) is 0 Å². The van der Waals surface area contributed by atoms with Crippen LogP contribution < -0.4 is 5.32 Å². The minimum Gasteiger partial charge on any atom is -0.481 e. The van der Waals surface area contributed by atoms with E-state index >= 15 is 0 Å². The Morgan fingerprint density at radius 2 is 2.40 bits per heavy atom. The Kier molecular flexibility index (Phi) is 2.62. The molecule has 0 aliphatic carbocycles. The number of carbonyl (C=O) groups is 1. The molecule has 3 heteroatoms. The van der Waals surface area contributed by atoms with Gasteiger partial charge in [-0.3, -0.25) is 4.79 Å². The molecule has 1 atom stereocenters. The van der Waals surface area contributed by atoms with Gasteiger partial charge in [-0.1, -0.05) is 25.1 Å². The number of nitrogens with one attached hydrogen (secondary N) is 1. The van der Waals surface area contributed by atoms with Crippen LogP contribution in [0, 0.1) is 0 Å². The van der Waals surface area contributed by atoms with Crippen molar-refractivity contribution in [3.63, 3.8) is 0 Å². The fourth-order valence-corrected chi connectivity index (χ4v) is 2.15. The van der Waals surface area contributed by atoms with Crippen LogP contribution in [0.4, 0.5) is 5.69 Å². The molecule has 0 saturated heterocycles. The summed E-state index contributed by atoms with van der Waals surface area (Å²) in [5.41, 5.74) is 3.60. The second-order valence-corrected chi connectivity index (χ2v) is 4.06. The van der Waals surface area contributed by atoms with Gasteiger partial charge in [-0.2, -0.15) is 0 Å². The zero-order valence-electron chi connectivity index (χ0n) is 8.79. The number of anilines is 1. The molecule has 1 aromatic carbocycles. The third-order valence-electron chi connectivity index (χ3n) is 2.89. The predicted molar refractivity (Wildman–Crippen MR) is 59.3 cm³/mol. The highest BCUT2D eigenvalue weighted by Crippen LogP contribution is 2.32. The van der Waals surface area contributed by atoms with Crippen molar-refractivity contribution in [2.75, 3.05) is 11.9 Å². The summed E-state index contributed by atoms with van der Waals surface area (Å²) >= 11 is 0. The molecule has 1 aliphatic rings. The molecule has 0 saturated carbocycles. The lowest BCUT2D eigenvalue weighted by molar-refractivity contribution is -0.137. The largest absolute Gasteiger partial charge is 0.481 e. The van der Waals surface area contributed by atoms with E-state index in [1.165, 1.54) is 5.56 Å². The van der Waals surface area contributed by atoms with Crippen molar-refractivity contribution < 1.29 is 9.90 Å². The monoisotopic (exact) mass is 205 g/mol. The van der Waals surface area contributed by atoms with Crippen molar-refractivity contribution in [3.8, 4) is 0 Å². The zero-order chi connectivity index (χ0) is 10.8. The number of benzene rings is 1. The third kappa shape index (κ3) is 1.96. The van der Waals surface area contributed by atoms with Crippen molar-refractivity contribution in [3.05, 3.63) is 29.3 Å². The fourth-order valence-electron chi connectivity index (χ4n) is 2.15. The van der Waals surface area contributed by atoms with E-state index in [9.17, 15) is 4.79 Å². The molecule has 0 bridgehead atoms. The zero-order valence-corrected chi connectivity index (χ0v) is 8.79. The molecule has 0 aromatic heterocycles. The molecule has 80 valence electrons. The minimum atomic E-state index is -0.738. The topological polar surface area (TPSA) is 49.3 Å². The van der Waals surface area contributed by atoms with Gasteiger partial charge in [-0.25, -0.2) is 0 Å². The molecule has 1 aromatic rings. The van der Waals surface area contributed by atoms with Crippen LogP contribution in [-0.4, -0.2) is 17.6 Å². The Labute approximate surface area is 89.1 Å². The van der Waals surface area contributed by atoms with Crippen molar-refractivity contribution in [1.29, 1.82) is 0 Å². The summed E-state index contributed by atoms with van der Waals surface area (Å²) in [4.78, 5) is 10.7. The Morgan fingerprint density at radius 3 is 3.13 bits per heavy atom. The van der Waals surface area contributed by atoms with Gasteiger partial charge in [0.25, 0.3) is 0 Å². The standard InChI is InChI=1S/C12H15NO2/c1-8(7-11(14)15)10-4-2-3-9-5-6-13-12(9)10/h2-4,8,13H,5-7H2,1H3,(H,14,15). The van der Waals surface area contributed by atoms with E-state index in [4.69, 9.17) is 5.11 Å². The van der Waals surface area contributed by atoms with E-state index < -0.39 is 5.97 Å². The summed E-state index contributed by atoms with van der Waals surface area (Å²) in [6.45, 7) is 2.93. The molecule has 1 heterocycles. The van der Waals surface area contributed by atoms with Crippen LogP contribution in [0.5, 0.6) is 0 Å². The first-order chi connectivity index (χ1) is 7.18. The normalized spacial score (nSPS) is 15.5. The van der Waals surface area contributed by atoms with Gasteiger partial charge in [-0.15, -0.1) is 0 Å². The van der Waals surface area contributed by atoms with Crippen LogP contribution in [-0.2, 0) is 11.2 Å². The second kappa shape index (κ2) is 3.93. The maximum Gasteiger partial charge on any atom is 0.303 e. The summed E-state index contributed by atoms with van der Waals surface area (Å²) in [5.74, 6) is -0.666. The van der Waals surface area contributed by atoms with Crippen molar-refractivity contribution >= 4 is 11.7 Å². The molecular weight excluding hydrogens is 190 g/mol. The average Bonchev–Trinajstić information content (AvgIpc) is 2.63. The quantitative estimate of drug-likeness (QED) is 0.795. The number of fused-ring (bicyclic) bond motifs is 1. The molecule has 2 rings (SSSR count). The van der Waals surface area contributed by atoms with Crippen LogP contribution in [0.3, 0.4) is 0 Å². The highest BCUT2D eigenvalue weighted by Gasteiger charge is 2.18. The Bertz CT molecular complexity index is 387. The summed E-state index contributed by atoms with van der Waals surface area (Å²) in [5, 5.41) is 12.1. The van der Waals surface area contributed by atoms with Gasteiger partial charge in [0, 0.05) is 12.2 Å². The van der Waals surface area contributed by atoms with Crippen LogP contribution in [0.2, 0.25) is 0 Å². The smallest absolute Gasteiger partial charge is 0.303 e. The maximum absolute atomic E-state index is 10.7. The van der Waals surface area contributed by atoms with Crippen molar-refractivity contribution in [2.45, 2.75) is 25.7 Å². The minimum absolute atomic E-state index is 0.0723. The van der Waals surface area contributed by atoms with E-state index in [0.29, 0.717) is 0 Å². The molecule has 0 fully saturated rings. The lowest BCUT2D eigenvalue weighted by Crippen LogP contribution is -2.05. The van der Waals surface area contributed by atoms with Crippen molar-refractivity contribution in [1.82, 2.24) is 0 Å². The van der Waals surface area contributed by atoms with E-state index in [1.54, 1.807) is 0 Å². The lowest BCUT2D eigenvalue weighted by Gasteiger charge is -2.14. The number of hydrogen-bond acceptors (Lipinski definition) is 2. The Morgan fingerprint density at radius 1 is 1.60 bits per heavy atom. The average molecular weight is 205 g/mol. The van der Waals surface area contributed by atoms with E-state index in [2.05, 4.69) is 11.4 Å². The number of rotatable bonds is 3. The molecule has 2 N–H and O–H groups in total. The summed E-state index contributed by atoms with van der Waals surface area (Å²) in [6, 6.07) is 6.14. The lowest BCUT2D eigenvalue weighted by atomic mass is 9.94. The molecule has 0 radical (unpaired) electrons.